The van der Waals surface area contributed by atoms with Crippen LogP contribution in [0.4, 0.5) is 0 Å². The molecule has 0 heterocycles. The minimum atomic E-state index is -0.323. The molecule has 0 radical (unpaired) electrons. The zero-order valence-electron chi connectivity index (χ0n) is 14.5. The van der Waals surface area contributed by atoms with Gasteiger partial charge in [-0.15, -0.1) is 0 Å². The second kappa shape index (κ2) is 7.32. The summed E-state index contributed by atoms with van der Waals surface area (Å²) in [6.45, 7) is 10.1. The Kier molecular flexibility index (Phi) is 5.43. The van der Waals surface area contributed by atoms with E-state index in [9.17, 15) is 4.79 Å². The van der Waals surface area contributed by atoms with E-state index >= 15 is 0 Å². The summed E-state index contributed by atoms with van der Waals surface area (Å²) in [5.41, 5.74) is 5.64. The molecule has 23 heavy (non-hydrogen) atoms. The average molecular weight is 312 g/mol. The standard InChI is InChI=1S/C20H24O3/c1-6-17-10-15(4)20(11-14(17)3)22-12-18-13(2)8-7-9-19(18)23-16(5)21/h7-11H,6,12H2,1-5H3. The van der Waals surface area contributed by atoms with Crippen molar-refractivity contribution in [1.82, 2.24) is 0 Å². The van der Waals surface area contributed by atoms with E-state index in [2.05, 4.69) is 32.9 Å². The monoisotopic (exact) mass is 312 g/mol. The lowest BCUT2D eigenvalue weighted by molar-refractivity contribution is -0.131. The first-order valence-corrected chi connectivity index (χ1v) is 7.92. The number of hydrogen-bond donors (Lipinski definition) is 0. The lowest BCUT2D eigenvalue weighted by atomic mass is 10.0. The Morgan fingerprint density at radius 3 is 2.39 bits per heavy atom. The van der Waals surface area contributed by atoms with Crippen LogP contribution in [0.25, 0.3) is 0 Å². The molecular formula is C20H24O3. The summed E-state index contributed by atoms with van der Waals surface area (Å²) in [6.07, 6.45) is 1.02. The number of ether oxygens (including phenoxy) is 2. The molecule has 0 fully saturated rings. The second-order valence-electron chi connectivity index (χ2n) is 5.83. The number of rotatable bonds is 5. The fraction of sp³-hybridized carbons (Fsp3) is 0.350. The third-order valence-electron chi connectivity index (χ3n) is 4.01. The van der Waals surface area contributed by atoms with Gasteiger partial charge in [-0.2, -0.15) is 0 Å². The summed E-state index contributed by atoms with van der Waals surface area (Å²) in [4.78, 5) is 11.3. The first-order chi connectivity index (χ1) is 10.9. The van der Waals surface area contributed by atoms with E-state index in [4.69, 9.17) is 9.47 Å². The van der Waals surface area contributed by atoms with Crippen LogP contribution in [0.5, 0.6) is 11.5 Å². The van der Waals surface area contributed by atoms with Crippen LogP contribution in [0.3, 0.4) is 0 Å². The summed E-state index contributed by atoms with van der Waals surface area (Å²) in [7, 11) is 0. The van der Waals surface area contributed by atoms with Gasteiger partial charge >= 0.3 is 5.97 Å². The van der Waals surface area contributed by atoms with E-state index in [0.717, 1.165) is 28.9 Å². The predicted octanol–water partition coefficient (Wildman–Crippen LogP) is 4.68. The maximum atomic E-state index is 11.3. The van der Waals surface area contributed by atoms with Gasteiger partial charge in [-0.3, -0.25) is 4.79 Å². The molecule has 2 rings (SSSR count). The summed E-state index contributed by atoms with van der Waals surface area (Å²) >= 11 is 0. The zero-order chi connectivity index (χ0) is 17.0. The lowest BCUT2D eigenvalue weighted by Gasteiger charge is -2.16. The number of aryl methyl sites for hydroxylation is 4. The van der Waals surface area contributed by atoms with Gasteiger partial charge in [0.15, 0.2) is 0 Å². The molecule has 0 atom stereocenters. The Bertz CT molecular complexity index is 717. The molecule has 0 bridgehead atoms. The topological polar surface area (TPSA) is 35.5 Å². The number of esters is 1. The van der Waals surface area contributed by atoms with Gasteiger partial charge in [-0.25, -0.2) is 0 Å². The van der Waals surface area contributed by atoms with Crippen molar-refractivity contribution in [2.75, 3.05) is 0 Å². The SMILES string of the molecule is CCc1cc(C)c(OCc2c(C)cccc2OC(C)=O)cc1C. The summed E-state index contributed by atoms with van der Waals surface area (Å²) in [5.74, 6) is 1.12. The van der Waals surface area contributed by atoms with Crippen molar-refractivity contribution in [3.8, 4) is 11.5 Å². The zero-order valence-corrected chi connectivity index (χ0v) is 14.5. The number of hydrogen-bond acceptors (Lipinski definition) is 3. The molecule has 0 unspecified atom stereocenters. The highest BCUT2D eigenvalue weighted by atomic mass is 16.5. The molecule has 0 saturated heterocycles. The van der Waals surface area contributed by atoms with E-state index in [1.807, 2.05) is 19.1 Å². The van der Waals surface area contributed by atoms with Crippen LogP contribution < -0.4 is 9.47 Å². The maximum Gasteiger partial charge on any atom is 0.308 e. The predicted molar refractivity (Wildman–Crippen MR) is 92.1 cm³/mol. The summed E-state index contributed by atoms with van der Waals surface area (Å²) < 4.78 is 11.3. The third kappa shape index (κ3) is 4.13. The minimum Gasteiger partial charge on any atom is -0.488 e. The van der Waals surface area contributed by atoms with Gasteiger partial charge in [0.1, 0.15) is 18.1 Å². The van der Waals surface area contributed by atoms with Gasteiger partial charge in [-0.05, 0) is 61.6 Å². The fourth-order valence-corrected chi connectivity index (χ4v) is 2.65. The van der Waals surface area contributed by atoms with Crippen LogP contribution in [0.2, 0.25) is 0 Å². The summed E-state index contributed by atoms with van der Waals surface area (Å²) in [5, 5.41) is 0. The van der Waals surface area contributed by atoms with Crippen LogP contribution in [0.15, 0.2) is 30.3 Å². The summed E-state index contributed by atoms with van der Waals surface area (Å²) in [6, 6.07) is 9.92. The Morgan fingerprint density at radius 2 is 1.74 bits per heavy atom. The molecule has 0 amide bonds. The van der Waals surface area contributed by atoms with Gasteiger partial charge in [0.25, 0.3) is 0 Å². The van der Waals surface area contributed by atoms with Gasteiger partial charge in [0, 0.05) is 12.5 Å². The van der Waals surface area contributed by atoms with Crippen LogP contribution in [0.1, 0.15) is 41.7 Å². The Hall–Kier alpha value is -2.29. The third-order valence-corrected chi connectivity index (χ3v) is 4.01. The Morgan fingerprint density at radius 1 is 1.00 bits per heavy atom. The smallest absolute Gasteiger partial charge is 0.308 e. The fourth-order valence-electron chi connectivity index (χ4n) is 2.65. The minimum absolute atomic E-state index is 0.323. The first-order valence-electron chi connectivity index (χ1n) is 7.92. The van der Waals surface area contributed by atoms with E-state index in [1.54, 1.807) is 6.07 Å². The number of carbonyl (C=O) groups is 1. The highest BCUT2D eigenvalue weighted by Gasteiger charge is 2.11. The van der Waals surface area contributed by atoms with Crippen molar-refractivity contribution < 1.29 is 14.3 Å². The molecule has 0 saturated carbocycles. The van der Waals surface area contributed by atoms with Gasteiger partial charge in [0.05, 0.1) is 0 Å². The Balaban J connectivity index is 2.24. The van der Waals surface area contributed by atoms with Crippen molar-refractivity contribution >= 4 is 5.97 Å². The molecule has 2 aromatic rings. The number of carbonyl (C=O) groups excluding carboxylic acids is 1. The average Bonchev–Trinajstić information content (AvgIpc) is 2.49. The largest absolute Gasteiger partial charge is 0.488 e. The van der Waals surface area contributed by atoms with Gasteiger partial charge < -0.3 is 9.47 Å². The number of benzene rings is 2. The van der Waals surface area contributed by atoms with Crippen molar-refractivity contribution in [2.24, 2.45) is 0 Å². The van der Waals surface area contributed by atoms with E-state index < -0.39 is 0 Å². The highest BCUT2D eigenvalue weighted by Crippen LogP contribution is 2.27. The Labute approximate surface area is 138 Å². The highest BCUT2D eigenvalue weighted by molar-refractivity contribution is 5.70. The molecule has 0 aliphatic carbocycles. The molecule has 0 aromatic heterocycles. The molecule has 122 valence electrons. The van der Waals surface area contributed by atoms with Crippen molar-refractivity contribution in [3.05, 3.63) is 58.1 Å². The molecule has 0 spiro atoms. The van der Waals surface area contributed by atoms with Crippen LogP contribution in [0, 0.1) is 20.8 Å². The van der Waals surface area contributed by atoms with E-state index in [0.29, 0.717) is 12.4 Å². The molecule has 3 heteroatoms. The molecule has 3 nitrogen and oxygen atoms in total. The quantitative estimate of drug-likeness (QED) is 0.594. The molecule has 0 N–H and O–H groups in total. The van der Waals surface area contributed by atoms with Crippen molar-refractivity contribution in [2.45, 2.75) is 47.6 Å². The van der Waals surface area contributed by atoms with E-state index in [-0.39, 0.29) is 5.97 Å². The van der Waals surface area contributed by atoms with Gasteiger partial charge in [-0.1, -0.05) is 25.1 Å². The second-order valence-corrected chi connectivity index (χ2v) is 5.83. The molecular weight excluding hydrogens is 288 g/mol. The van der Waals surface area contributed by atoms with Crippen LogP contribution in [-0.2, 0) is 17.8 Å². The van der Waals surface area contributed by atoms with Gasteiger partial charge in [0.2, 0.25) is 0 Å². The first kappa shape index (κ1) is 17.1. The van der Waals surface area contributed by atoms with Crippen molar-refractivity contribution in [3.63, 3.8) is 0 Å². The lowest BCUT2D eigenvalue weighted by Crippen LogP contribution is -2.07. The molecule has 0 aliphatic heterocycles. The maximum absolute atomic E-state index is 11.3. The van der Waals surface area contributed by atoms with Crippen LogP contribution in [-0.4, -0.2) is 5.97 Å². The van der Waals surface area contributed by atoms with Crippen LogP contribution >= 0.6 is 0 Å². The molecule has 0 aliphatic rings. The normalized spacial score (nSPS) is 10.5. The van der Waals surface area contributed by atoms with Crippen molar-refractivity contribution in [1.29, 1.82) is 0 Å². The molecule has 2 aromatic carbocycles. The van der Waals surface area contributed by atoms with E-state index in [1.165, 1.54) is 18.1 Å².